The summed E-state index contributed by atoms with van der Waals surface area (Å²) in [5.41, 5.74) is 1.23. The molecule has 0 aliphatic carbocycles. The van der Waals surface area contributed by atoms with Crippen molar-refractivity contribution in [3.8, 4) is 0 Å². The van der Waals surface area contributed by atoms with Crippen molar-refractivity contribution in [2.75, 3.05) is 39.8 Å². The first kappa shape index (κ1) is 19.2. The van der Waals surface area contributed by atoms with Crippen molar-refractivity contribution in [2.45, 2.75) is 32.3 Å². The lowest BCUT2D eigenvalue weighted by Crippen LogP contribution is -2.49. The number of nitrogens with zero attached hydrogens (tertiary/aromatic N) is 2. The van der Waals surface area contributed by atoms with E-state index in [9.17, 15) is 4.79 Å². The van der Waals surface area contributed by atoms with Gasteiger partial charge in [-0.3, -0.25) is 9.79 Å². The Labute approximate surface area is 150 Å². The van der Waals surface area contributed by atoms with Gasteiger partial charge < -0.3 is 20.3 Å². The molecule has 0 atom stereocenters. The van der Waals surface area contributed by atoms with Crippen molar-refractivity contribution in [1.29, 1.82) is 0 Å². The molecule has 1 amide bonds. The average molecular weight is 346 g/mol. The van der Waals surface area contributed by atoms with E-state index >= 15 is 0 Å². The van der Waals surface area contributed by atoms with E-state index in [-0.39, 0.29) is 12.5 Å². The van der Waals surface area contributed by atoms with Crippen LogP contribution in [0, 0.1) is 0 Å². The molecule has 1 aliphatic heterocycles. The van der Waals surface area contributed by atoms with Crippen molar-refractivity contribution in [1.82, 2.24) is 15.5 Å². The van der Waals surface area contributed by atoms with Gasteiger partial charge in [0.15, 0.2) is 5.96 Å². The fourth-order valence-corrected chi connectivity index (χ4v) is 3.02. The zero-order chi connectivity index (χ0) is 17.9. The standard InChI is InChI=1S/C19H30N4O2/c1-3-25-17-10-13-23(14-11-17)19(20-2)22-15-18(24)21-12-9-16-7-5-4-6-8-16/h4-8,17H,3,9-15H2,1-2H3,(H,20,22)(H,21,24). The zero-order valence-electron chi connectivity index (χ0n) is 15.3. The minimum absolute atomic E-state index is 0.0127. The van der Waals surface area contributed by atoms with Gasteiger partial charge in [0, 0.05) is 33.3 Å². The SMILES string of the molecule is CCOC1CCN(C(=NC)NCC(=O)NCCc2ccccc2)CC1. The van der Waals surface area contributed by atoms with Gasteiger partial charge >= 0.3 is 0 Å². The number of hydrogen-bond donors (Lipinski definition) is 2. The smallest absolute Gasteiger partial charge is 0.239 e. The van der Waals surface area contributed by atoms with Crippen molar-refractivity contribution < 1.29 is 9.53 Å². The lowest BCUT2D eigenvalue weighted by molar-refractivity contribution is -0.120. The Balaban J connectivity index is 1.65. The molecular formula is C19H30N4O2. The van der Waals surface area contributed by atoms with E-state index in [1.54, 1.807) is 7.05 Å². The molecule has 2 rings (SSSR count). The van der Waals surface area contributed by atoms with Crippen LogP contribution in [0.5, 0.6) is 0 Å². The first-order valence-corrected chi connectivity index (χ1v) is 9.10. The lowest BCUT2D eigenvalue weighted by atomic mass is 10.1. The Bertz CT molecular complexity index is 540. The highest BCUT2D eigenvalue weighted by Crippen LogP contribution is 2.13. The molecule has 0 saturated carbocycles. The maximum absolute atomic E-state index is 12.0. The molecule has 6 nitrogen and oxygen atoms in total. The van der Waals surface area contributed by atoms with E-state index in [2.05, 4.69) is 32.7 Å². The van der Waals surface area contributed by atoms with Gasteiger partial charge in [-0.2, -0.15) is 0 Å². The van der Waals surface area contributed by atoms with Crippen LogP contribution in [0.3, 0.4) is 0 Å². The summed E-state index contributed by atoms with van der Waals surface area (Å²) in [6.45, 7) is 5.49. The summed E-state index contributed by atoms with van der Waals surface area (Å²) in [6, 6.07) is 10.2. The highest BCUT2D eigenvalue weighted by molar-refractivity contribution is 5.86. The fraction of sp³-hybridized carbons (Fsp3) is 0.579. The van der Waals surface area contributed by atoms with Crippen LogP contribution >= 0.6 is 0 Å². The van der Waals surface area contributed by atoms with E-state index in [4.69, 9.17) is 4.74 Å². The van der Waals surface area contributed by atoms with Crippen molar-refractivity contribution in [3.63, 3.8) is 0 Å². The normalized spacial score (nSPS) is 15.9. The summed E-state index contributed by atoms with van der Waals surface area (Å²) in [4.78, 5) is 18.5. The van der Waals surface area contributed by atoms with Gasteiger partial charge in [-0.1, -0.05) is 30.3 Å². The van der Waals surface area contributed by atoms with Gasteiger partial charge in [-0.25, -0.2) is 0 Å². The third-order valence-electron chi connectivity index (χ3n) is 4.34. The Morgan fingerprint density at radius 1 is 1.24 bits per heavy atom. The van der Waals surface area contributed by atoms with Crippen LogP contribution in [0.2, 0.25) is 0 Å². The molecule has 6 heteroatoms. The molecule has 0 radical (unpaired) electrons. The van der Waals surface area contributed by atoms with Crippen LogP contribution in [0.1, 0.15) is 25.3 Å². The van der Waals surface area contributed by atoms with Gasteiger partial charge in [-0.05, 0) is 31.7 Å². The number of likely N-dealkylation sites (tertiary alicyclic amines) is 1. The molecule has 1 heterocycles. The Morgan fingerprint density at radius 3 is 2.60 bits per heavy atom. The third kappa shape index (κ3) is 6.74. The number of nitrogens with one attached hydrogen (secondary N) is 2. The van der Waals surface area contributed by atoms with Crippen LogP contribution in [-0.4, -0.2) is 62.7 Å². The molecule has 2 N–H and O–H groups in total. The van der Waals surface area contributed by atoms with E-state index in [0.717, 1.165) is 44.9 Å². The molecular weight excluding hydrogens is 316 g/mol. The van der Waals surface area contributed by atoms with Crippen molar-refractivity contribution in [3.05, 3.63) is 35.9 Å². The maximum Gasteiger partial charge on any atom is 0.239 e. The van der Waals surface area contributed by atoms with Crippen LogP contribution in [-0.2, 0) is 16.0 Å². The second-order valence-corrected chi connectivity index (χ2v) is 6.13. The minimum Gasteiger partial charge on any atom is -0.378 e. The van der Waals surface area contributed by atoms with Gasteiger partial charge in [0.1, 0.15) is 0 Å². The summed E-state index contributed by atoms with van der Waals surface area (Å²) in [5.74, 6) is 0.773. The van der Waals surface area contributed by atoms with Gasteiger partial charge in [0.2, 0.25) is 5.91 Å². The van der Waals surface area contributed by atoms with Crippen LogP contribution < -0.4 is 10.6 Å². The van der Waals surface area contributed by atoms with Gasteiger partial charge in [0.05, 0.1) is 12.6 Å². The lowest BCUT2D eigenvalue weighted by Gasteiger charge is -2.33. The number of piperidine rings is 1. The maximum atomic E-state index is 12.0. The van der Waals surface area contributed by atoms with E-state index in [1.165, 1.54) is 5.56 Å². The number of ether oxygens (including phenoxy) is 1. The summed E-state index contributed by atoms with van der Waals surface area (Å²) < 4.78 is 5.67. The molecule has 138 valence electrons. The van der Waals surface area contributed by atoms with Crippen LogP contribution in [0.4, 0.5) is 0 Å². The first-order valence-electron chi connectivity index (χ1n) is 9.10. The predicted octanol–water partition coefficient (Wildman–Crippen LogP) is 1.42. The number of hydrogen-bond acceptors (Lipinski definition) is 3. The second kappa shape index (κ2) is 10.7. The number of benzene rings is 1. The average Bonchev–Trinajstić information content (AvgIpc) is 2.64. The molecule has 0 bridgehead atoms. The van der Waals surface area contributed by atoms with Crippen molar-refractivity contribution >= 4 is 11.9 Å². The highest BCUT2D eigenvalue weighted by atomic mass is 16.5. The number of aliphatic imine (C=N–C) groups is 1. The minimum atomic E-state index is -0.0127. The molecule has 1 saturated heterocycles. The molecule has 0 unspecified atom stereocenters. The topological polar surface area (TPSA) is 66.0 Å². The van der Waals surface area contributed by atoms with Crippen LogP contribution in [0.15, 0.2) is 35.3 Å². The van der Waals surface area contributed by atoms with E-state index < -0.39 is 0 Å². The molecule has 1 aliphatic rings. The molecule has 25 heavy (non-hydrogen) atoms. The molecule has 0 spiro atoms. The Kier molecular flexibility index (Phi) is 8.25. The number of amides is 1. The summed E-state index contributed by atoms with van der Waals surface area (Å²) in [6.07, 6.45) is 3.18. The Morgan fingerprint density at radius 2 is 1.96 bits per heavy atom. The van der Waals surface area contributed by atoms with E-state index in [1.807, 2.05) is 25.1 Å². The number of rotatable bonds is 7. The summed E-state index contributed by atoms with van der Waals surface area (Å²) >= 11 is 0. The monoisotopic (exact) mass is 346 g/mol. The van der Waals surface area contributed by atoms with Gasteiger partial charge in [-0.15, -0.1) is 0 Å². The third-order valence-corrected chi connectivity index (χ3v) is 4.34. The predicted molar refractivity (Wildman–Crippen MR) is 101 cm³/mol. The molecule has 0 aromatic heterocycles. The molecule has 1 fully saturated rings. The number of carbonyl (C=O) groups excluding carboxylic acids is 1. The summed E-state index contributed by atoms with van der Waals surface area (Å²) in [5, 5.41) is 6.10. The highest BCUT2D eigenvalue weighted by Gasteiger charge is 2.21. The number of carbonyl (C=O) groups is 1. The second-order valence-electron chi connectivity index (χ2n) is 6.13. The summed E-state index contributed by atoms with van der Waals surface area (Å²) in [7, 11) is 1.75. The zero-order valence-corrected chi connectivity index (χ0v) is 15.3. The quantitative estimate of drug-likeness (QED) is 0.579. The first-order chi connectivity index (χ1) is 12.2. The van der Waals surface area contributed by atoms with Gasteiger partial charge in [0.25, 0.3) is 0 Å². The van der Waals surface area contributed by atoms with Crippen molar-refractivity contribution in [2.24, 2.45) is 4.99 Å². The van der Waals surface area contributed by atoms with E-state index in [0.29, 0.717) is 12.6 Å². The molecule has 1 aromatic rings. The Hall–Kier alpha value is -2.08. The number of guanidine groups is 1. The largest absolute Gasteiger partial charge is 0.378 e. The fourth-order valence-electron chi connectivity index (χ4n) is 3.02. The molecule has 1 aromatic carbocycles. The van der Waals surface area contributed by atoms with Crippen LogP contribution in [0.25, 0.3) is 0 Å².